The Morgan fingerprint density at radius 3 is 2.23 bits per heavy atom. The molecule has 8 heteroatoms. The van der Waals surface area contributed by atoms with Gasteiger partial charge < -0.3 is 14.8 Å². The average molecular weight is 423 g/mol. The van der Waals surface area contributed by atoms with Gasteiger partial charge in [0, 0.05) is 0 Å². The molecule has 0 heterocycles. The van der Waals surface area contributed by atoms with Crippen molar-refractivity contribution >= 4 is 17.6 Å². The number of halogens is 3. The highest BCUT2D eigenvalue weighted by atomic mass is 19.2. The van der Waals surface area contributed by atoms with Gasteiger partial charge in [-0.1, -0.05) is 32.9 Å². The first-order chi connectivity index (χ1) is 14.0. The van der Waals surface area contributed by atoms with Crippen LogP contribution in [0.1, 0.15) is 39.7 Å². The maximum absolute atomic E-state index is 13.6. The molecule has 30 heavy (non-hydrogen) atoms. The molecule has 5 nitrogen and oxygen atoms in total. The zero-order valence-electron chi connectivity index (χ0n) is 17.2. The third kappa shape index (κ3) is 6.23. The first-order valence-electron chi connectivity index (χ1n) is 9.36. The van der Waals surface area contributed by atoms with Crippen LogP contribution in [-0.4, -0.2) is 24.6 Å². The van der Waals surface area contributed by atoms with Crippen LogP contribution in [0.15, 0.2) is 36.4 Å². The first-order valence-corrected chi connectivity index (χ1v) is 9.36. The lowest BCUT2D eigenvalue weighted by Crippen LogP contribution is -2.30. The number of esters is 1. The molecule has 0 spiro atoms. The van der Waals surface area contributed by atoms with Crippen LogP contribution in [0.3, 0.4) is 0 Å². The second-order valence-electron chi connectivity index (χ2n) is 7.72. The summed E-state index contributed by atoms with van der Waals surface area (Å²) in [4.78, 5) is 23.9. The molecule has 2 aromatic rings. The maximum Gasteiger partial charge on any atom is 0.310 e. The smallest absolute Gasteiger partial charge is 0.310 e. The van der Waals surface area contributed by atoms with E-state index >= 15 is 0 Å². The molecule has 0 bridgehead atoms. The molecule has 1 N–H and O–H groups in total. The van der Waals surface area contributed by atoms with Crippen molar-refractivity contribution in [1.82, 2.24) is 0 Å². The van der Waals surface area contributed by atoms with Gasteiger partial charge in [-0.3, -0.25) is 9.59 Å². The Balaban J connectivity index is 1.80. The fraction of sp³-hybridized carbons (Fsp3) is 0.364. The fourth-order valence-corrected chi connectivity index (χ4v) is 2.47. The standard InChI is InChI=1S/C22H24F3NO4/c1-13(21(28)26-17-10-9-16(23)19(24)20(17)25)30-18(27)11-12-29-15-7-5-14(6-8-15)22(2,3)4/h5-10,13H,11-12H2,1-4H3,(H,26,28)/t13-/m0/s1. The van der Waals surface area contributed by atoms with Crippen molar-refractivity contribution in [2.45, 2.75) is 45.6 Å². The van der Waals surface area contributed by atoms with E-state index in [0.29, 0.717) is 11.8 Å². The van der Waals surface area contributed by atoms with Crippen molar-refractivity contribution < 1.29 is 32.2 Å². The first kappa shape index (κ1) is 23.3. The number of anilines is 1. The molecule has 0 fully saturated rings. The summed E-state index contributed by atoms with van der Waals surface area (Å²) in [6.45, 7) is 7.60. The van der Waals surface area contributed by atoms with Crippen LogP contribution < -0.4 is 10.1 Å². The van der Waals surface area contributed by atoms with Crippen LogP contribution in [0.2, 0.25) is 0 Å². The highest BCUT2D eigenvalue weighted by Gasteiger charge is 2.21. The summed E-state index contributed by atoms with van der Waals surface area (Å²) >= 11 is 0. The SMILES string of the molecule is C[C@H](OC(=O)CCOc1ccc(C(C)(C)C)cc1)C(=O)Nc1ccc(F)c(F)c1F. The van der Waals surface area contributed by atoms with Crippen molar-refractivity contribution in [3.63, 3.8) is 0 Å². The highest BCUT2D eigenvalue weighted by Crippen LogP contribution is 2.24. The van der Waals surface area contributed by atoms with Gasteiger partial charge in [-0.05, 0) is 42.2 Å². The summed E-state index contributed by atoms with van der Waals surface area (Å²) in [7, 11) is 0. The third-order valence-corrected chi connectivity index (χ3v) is 4.27. The molecule has 0 saturated carbocycles. The number of carbonyl (C=O) groups excluding carboxylic acids is 2. The molecule has 0 unspecified atom stereocenters. The Morgan fingerprint density at radius 2 is 1.63 bits per heavy atom. The number of amides is 1. The van der Waals surface area contributed by atoms with Gasteiger partial charge in [0.15, 0.2) is 23.6 Å². The van der Waals surface area contributed by atoms with Gasteiger partial charge in [-0.15, -0.1) is 0 Å². The Hall–Kier alpha value is -3.03. The van der Waals surface area contributed by atoms with Gasteiger partial charge in [0.05, 0.1) is 18.7 Å². The number of ether oxygens (including phenoxy) is 2. The Labute approximate surface area is 173 Å². The van der Waals surface area contributed by atoms with Gasteiger partial charge in [-0.25, -0.2) is 13.2 Å². The Bertz CT molecular complexity index is 908. The molecule has 0 aliphatic carbocycles. The summed E-state index contributed by atoms with van der Waals surface area (Å²) in [6.07, 6.45) is -1.38. The van der Waals surface area contributed by atoms with Gasteiger partial charge in [0.1, 0.15) is 5.75 Å². The van der Waals surface area contributed by atoms with Crippen molar-refractivity contribution in [1.29, 1.82) is 0 Å². The van der Waals surface area contributed by atoms with E-state index in [4.69, 9.17) is 9.47 Å². The van der Waals surface area contributed by atoms with Crippen molar-refractivity contribution in [3.05, 3.63) is 59.4 Å². The quantitative estimate of drug-likeness (QED) is 0.516. The van der Waals surface area contributed by atoms with E-state index in [1.807, 2.05) is 12.1 Å². The van der Waals surface area contributed by atoms with E-state index < -0.39 is 41.1 Å². The molecule has 0 aliphatic heterocycles. The van der Waals surface area contributed by atoms with Crippen LogP contribution in [-0.2, 0) is 19.7 Å². The minimum absolute atomic E-state index is 0.0155. The predicted molar refractivity (Wildman–Crippen MR) is 106 cm³/mol. The van der Waals surface area contributed by atoms with E-state index in [-0.39, 0.29) is 18.4 Å². The monoisotopic (exact) mass is 423 g/mol. The number of rotatable bonds is 7. The van der Waals surface area contributed by atoms with Crippen molar-refractivity contribution in [2.75, 3.05) is 11.9 Å². The number of hydrogen-bond acceptors (Lipinski definition) is 4. The third-order valence-electron chi connectivity index (χ3n) is 4.27. The molecule has 1 amide bonds. The minimum Gasteiger partial charge on any atom is -0.493 e. The second-order valence-corrected chi connectivity index (χ2v) is 7.72. The summed E-state index contributed by atoms with van der Waals surface area (Å²) in [5, 5.41) is 2.05. The van der Waals surface area contributed by atoms with Crippen LogP contribution in [0.5, 0.6) is 5.75 Å². The molecular weight excluding hydrogens is 399 g/mol. The van der Waals surface area contributed by atoms with Crippen LogP contribution in [0.25, 0.3) is 0 Å². The van der Waals surface area contributed by atoms with E-state index in [2.05, 4.69) is 26.1 Å². The van der Waals surface area contributed by atoms with Crippen LogP contribution >= 0.6 is 0 Å². The van der Waals surface area contributed by atoms with Gasteiger partial charge >= 0.3 is 5.97 Å². The molecule has 1 atom stereocenters. The molecule has 0 aliphatic rings. The lowest BCUT2D eigenvalue weighted by molar-refractivity contribution is -0.153. The predicted octanol–water partition coefficient (Wildman–Crippen LogP) is 4.74. The summed E-state index contributed by atoms with van der Waals surface area (Å²) < 4.78 is 50.2. The molecule has 0 saturated heterocycles. The fourth-order valence-electron chi connectivity index (χ4n) is 2.47. The Kier molecular flexibility index (Phi) is 7.48. The van der Waals surface area contributed by atoms with Crippen molar-refractivity contribution in [3.8, 4) is 5.75 Å². The zero-order chi connectivity index (χ0) is 22.5. The normalized spacial score (nSPS) is 12.2. The summed E-state index contributed by atoms with van der Waals surface area (Å²) in [5.41, 5.74) is 0.608. The number of benzene rings is 2. The van der Waals surface area contributed by atoms with Crippen LogP contribution in [0, 0.1) is 17.5 Å². The van der Waals surface area contributed by atoms with Crippen molar-refractivity contribution in [2.24, 2.45) is 0 Å². The number of nitrogens with one attached hydrogen (secondary N) is 1. The van der Waals surface area contributed by atoms with Gasteiger partial charge in [0.2, 0.25) is 0 Å². The molecule has 2 rings (SSSR count). The second kappa shape index (κ2) is 9.65. The number of carbonyl (C=O) groups is 2. The lowest BCUT2D eigenvalue weighted by atomic mass is 9.87. The summed E-state index contributed by atoms with van der Waals surface area (Å²) in [6, 6.07) is 9.04. The summed E-state index contributed by atoms with van der Waals surface area (Å²) in [5.74, 6) is -5.60. The molecule has 0 radical (unpaired) electrons. The number of hydrogen-bond donors (Lipinski definition) is 1. The van der Waals surface area contributed by atoms with E-state index in [1.54, 1.807) is 12.1 Å². The molecular formula is C22H24F3NO4. The minimum atomic E-state index is -1.70. The van der Waals surface area contributed by atoms with E-state index in [1.165, 1.54) is 6.92 Å². The Morgan fingerprint density at radius 1 is 1.00 bits per heavy atom. The molecule has 2 aromatic carbocycles. The topological polar surface area (TPSA) is 64.6 Å². The van der Waals surface area contributed by atoms with Gasteiger partial charge in [-0.2, -0.15) is 0 Å². The zero-order valence-corrected chi connectivity index (χ0v) is 17.2. The van der Waals surface area contributed by atoms with Crippen LogP contribution in [0.4, 0.5) is 18.9 Å². The average Bonchev–Trinajstić information content (AvgIpc) is 2.68. The largest absolute Gasteiger partial charge is 0.493 e. The lowest BCUT2D eigenvalue weighted by Gasteiger charge is -2.19. The molecule has 0 aromatic heterocycles. The van der Waals surface area contributed by atoms with E-state index in [9.17, 15) is 22.8 Å². The molecule has 162 valence electrons. The van der Waals surface area contributed by atoms with Gasteiger partial charge in [0.25, 0.3) is 5.91 Å². The van der Waals surface area contributed by atoms with E-state index in [0.717, 1.165) is 11.6 Å². The highest BCUT2D eigenvalue weighted by molar-refractivity contribution is 5.95. The maximum atomic E-state index is 13.6.